The third-order valence-electron chi connectivity index (χ3n) is 4.36. The quantitative estimate of drug-likeness (QED) is 0.503. The lowest BCUT2D eigenvalue weighted by molar-refractivity contribution is -0.115. The molecule has 0 aliphatic carbocycles. The first kappa shape index (κ1) is 22.4. The van der Waals surface area contributed by atoms with Crippen molar-refractivity contribution in [2.75, 3.05) is 11.1 Å². The highest BCUT2D eigenvalue weighted by molar-refractivity contribution is 7.99. The molecule has 30 heavy (non-hydrogen) atoms. The van der Waals surface area contributed by atoms with Crippen LogP contribution in [0.15, 0.2) is 83.8 Å². The number of nitrogens with two attached hydrogens (primary N) is 1. The van der Waals surface area contributed by atoms with Gasteiger partial charge in [-0.25, -0.2) is 13.6 Å². The Labute approximate surface area is 185 Å². The summed E-state index contributed by atoms with van der Waals surface area (Å²) in [6, 6.07) is 23.6. The Hall–Kier alpha value is -2.32. The number of amides is 1. The Bertz CT molecular complexity index is 1090. The zero-order valence-electron chi connectivity index (χ0n) is 16.0. The minimum Gasteiger partial charge on any atom is -0.326 e. The summed E-state index contributed by atoms with van der Waals surface area (Å²) in [5, 5.41) is 8.63. The van der Waals surface area contributed by atoms with Crippen molar-refractivity contribution in [2.24, 2.45) is 5.14 Å². The van der Waals surface area contributed by atoms with Crippen LogP contribution in [0, 0.1) is 0 Å². The lowest BCUT2D eigenvalue weighted by atomic mass is 10.0. The van der Waals surface area contributed by atoms with Gasteiger partial charge in [0.25, 0.3) is 0 Å². The van der Waals surface area contributed by atoms with Crippen molar-refractivity contribution in [3.63, 3.8) is 0 Å². The summed E-state index contributed by atoms with van der Waals surface area (Å²) >= 11 is 7.70. The van der Waals surface area contributed by atoms with Gasteiger partial charge in [0.1, 0.15) is 0 Å². The van der Waals surface area contributed by atoms with Gasteiger partial charge in [0.05, 0.1) is 10.1 Å². The number of hydrogen-bond donors (Lipinski definition) is 2. The van der Waals surface area contributed by atoms with E-state index in [0.29, 0.717) is 22.9 Å². The second-order valence-corrected chi connectivity index (χ2v) is 9.79. The van der Waals surface area contributed by atoms with Crippen LogP contribution in [-0.2, 0) is 14.8 Å². The third-order valence-corrected chi connectivity index (χ3v) is 6.85. The first-order valence-corrected chi connectivity index (χ1v) is 12.1. The van der Waals surface area contributed by atoms with Crippen molar-refractivity contribution in [3.05, 3.63) is 95.0 Å². The monoisotopic (exact) mass is 460 g/mol. The van der Waals surface area contributed by atoms with E-state index in [1.54, 1.807) is 11.8 Å². The van der Waals surface area contributed by atoms with E-state index in [2.05, 4.69) is 17.4 Å². The Morgan fingerprint density at radius 3 is 2.13 bits per heavy atom. The molecule has 0 fully saturated rings. The number of rotatable bonds is 8. The number of sulfonamides is 1. The summed E-state index contributed by atoms with van der Waals surface area (Å²) in [7, 11) is -3.75. The van der Waals surface area contributed by atoms with E-state index < -0.39 is 10.0 Å². The average Bonchev–Trinajstić information content (AvgIpc) is 2.72. The van der Waals surface area contributed by atoms with Crippen LogP contribution < -0.4 is 10.5 Å². The van der Waals surface area contributed by atoms with Crippen molar-refractivity contribution >= 4 is 45.0 Å². The molecule has 3 aromatic carbocycles. The molecule has 0 spiro atoms. The maximum Gasteiger partial charge on any atom is 0.238 e. The largest absolute Gasteiger partial charge is 0.326 e. The number of halogens is 1. The molecule has 0 aromatic heterocycles. The van der Waals surface area contributed by atoms with E-state index >= 15 is 0 Å². The van der Waals surface area contributed by atoms with Gasteiger partial charge in [-0.2, -0.15) is 0 Å². The molecule has 1 amide bonds. The SMILES string of the molecule is NS(=O)(=O)c1ccc(NC(=O)CCSC(c2ccccc2)c2ccc(Cl)cc2)cc1. The number of thioether (sulfide) groups is 1. The van der Waals surface area contributed by atoms with Gasteiger partial charge in [0, 0.05) is 22.9 Å². The van der Waals surface area contributed by atoms with Gasteiger partial charge < -0.3 is 5.32 Å². The molecule has 3 rings (SSSR count). The van der Waals surface area contributed by atoms with Crippen LogP contribution in [0.2, 0.25) is 5.02 Å². The van der Waals surface area contributed by atoms with E-state index in [-0.39, 0.29) is 16.1 Å². The van der Waals surface area contributed by atoms with Crippen molar-refractivity contribution in [1.29, 1.82) is 0 Å². The van der Waals surface area contributed by atoms with E-state index in [4.69, 9.17) is 16.7 Å². The van der Waals surface area contributed by atoms with Gasteiger partial charge in [-0.3, -0.25) is 4.79 Å². The smallest absolute Gasteiger partial charge is 0.238 e. The molecule has 1 unspecified atom stereocenters. The summed E-state index contributed by atoms with van der Waals surface area (Å²) < 4.78 is 22.6. The van der Waals surface area contributed by atoms with Crippen LogP contribution in [-0.4, -0.2) is 20.1 Å². The first-order chi connectivity index (χ1) is 14.3. The highest BCUT2D eigenvalue weighted by Gasteiger charge is 2.15. The first-order valence-electron chi connectivity index (χ1n) is 9.17. The standard InChI is InChI=1S/C22H21ClN2O3S2/c23-18-8-6-17(7-9-18)22(16-4-2-1-3-5-16)29-15-14-21(26)25-19-10-12-20(13-11-19)30(24,27)28/h1-13,22H,14-15H2,(H,25,26)(H2,24,27,28). The van der Waals surface area contributed by atoms with Gasteiger partial charge >= 0.3 is 0 Å². The van der Waals surface area contributed by atoms with Crippen LogP contribution in [0.4, 0.5) is 5.69 Å². The molecule has 0 aliphatic heterocycles. The number of anilines is 1. The van der Waals surface area contributed by atoms with Crippen LogP contribution in [0.3, 0.4) is 0 Å². The van der Waals surface area contributed by atoms with Crippen molar-refractivity contribution in [1.82, 2.24) is 0 Å². The van der Waals surface area contributed by atoms with E-state index in [9.17, 15) is 13.2 Å². The molecule has 0 bridgehead atoms. The summed E-state index contributed by atoms with van der Waals surface area (Å²) in [5.74, 6) is 0.470. The molecule has 5 nitrogen and oxygen atoms in total. The summed E-state index contributed by atoms with van der Waals surface area (Å²) in [6.07, 6.45) is 0.318. The Morgan fingerprint density at radius 1 is 0.933 bits per heavy atom. The van der Waals surface area contributed by atoms with Crippen LogP contribution >= 0.6 is 23.4 Å². The van der Waals surface area contributed by atoms with E-state index in [1.807, 2.05) is 42.5 Å². The summed E-state index contributed by atoms with van der Waals surface area (Å²) in [5.41, 5.74) is 2.80. The average molecular weight is 461 g/mol. The zero-order valence-corrected chi connectivity index (χ0v) is 18.4. The highest BCUT2D eigenvalue weighted by Crippen LogP contribution is 2.36. The van der Waals surface area contributed by atoms with Gasteiger partial charge in [-0.15, -0.1) is 11.8 Å². The van der Waals surface area contributed by atoms with Crippen LogP contribution in [0.5, 0.6) is 0 Å². The molecule has 0 heterocycles. The predicted octanol–water partition coefficient (Wildman–Crippen LogP) is 4.84. The fraction of sp³-hybridized carbons (Fsp3) is 0.136. The Balaban J connectivity index is 1.60. The molecule has 156 valence electrons. The molecule has 0 saturated carbocycles. The second-order valence-electron chi connectivity index (χ2n) is 6.58. The topological polar surface area (TPSA) is 89.3 Å². The van der Waals surface area contributed by atoms with E-state index in [1.165, 1.54) is 24.3 Å². The fourth-order valence-corrected chi connectivity index (χ4v) is 4.75. The minimum atomic E-state index is -3.75. The number of nitrogens with one attached hydrogen (secondary N) is 1. The Morgan fingerprint density at radius 2 is 1.53 bits per heavy atom. The summed E-state index contributed by atoms with van der Waals surface area (Å²) in [4.78, 5) is 12.3. The molecule has 0 radical (unpaired) electrons. The molecule has 3 aromatic rings. The Kier molecular flexibility index (Phi) is 7.55. The molecule has 8 heteroatoms. The van der Waals surface area contributed by atoms with Crippen LogP contribution in [0.1, 0.15) is 22.8 Å². The zero-order chi connectivity index (χ0) is 21.6. The van der Waals surface area contributed by atoms with Crippen molar-refractivity contribution in [3.8, 4) is 0 Å². The number of benzene rings is 3. The van der Waals surface area contributed by atoms with Crippen LogP contribution in [0.25, 0.3) is 0 Å². The molecule has 0 saturated heterocycles. The fourth-order valence-electron chi connectivity index (χ4n) is 2.87. The number of primary sulfonamides is 1. The lowest BCUT2D eigenvalue weighted by Crippen LogP contribution is -2.14. The predicted molar refractivity (Wildman–Crippen MR) is 123 cm³/mol. The molecular weight excluding hydrogens is 440 g/mol. The number of hydrogen-bond acceptors (Lipinski definition) is 4. The summed E-state index contributed by atoms with van der Waals surface area (Å²) in [6.45, 7) is 0. The maximum absolute atomic E-state index is 12.3. The number of carbonyl (C=O) groups excluding carboxylic acids is 1. The molecule has 3 N–H and O–H groups in total. The second kappa shape index (κ2) is 10.1. The van der Waals surface area contributed by atoms with Crippen molar-refractivity contribution in [2.45, 2.75) is 16.6 Å². The molecular formula is C22H21ClN2O3S2. The van der Waals surface area contributed by atoms with Gasteiger partial charge in [0.2, 0.25) is 15.9 Å². The lowest BCUT2D eigenvalue weighted by Gasteiger charge is -2.18. The third kappa shape index (κ3) is 6.34. The van der Waals surface area contributed by atoms with Gasteiger partial charge in [-0.1, -0.05) is 54.1 Å². The normalized spacial score (nSPS) is 12.3. The molecule has 0 aliphatic rings. The highest BCUT2D eigenvalue weighted by atomic mass is 35.5. The van der Waals surface area contributed by atoms with Crippen molar-refractivity contribution < 1.29 is 13.2 Å². The minimum absolute atomic E-state index is 0.00437. The maximum atomic E-state index is 12.3. The van der Waals surface area contributed by atoms with Gasteiger partial charge in [-0.05, 0) is 47.5 Å². The number of carbonyl (C=O) groups is 1. The van der Waals surface area contributed by atoms with Gasteiger partial charge in [0.15, 0.2) is 0 Å². The molecule has 1 atom stereocenters. The van der Waals surface area contributed by atoms with E-state index in [0.717, 1.165) is 11.1 Å².